The van der Waals surface area contributed by atoms with E-state index < -0.39 is 0 Å². The van der Waals surface area contributed by atoms with E-state index >= 15 is 0 Å². The Kier molecular flexibility index (Phi) is 6660. The van der Waals surface area contributed by atoms with E-state index in [2.05, 4.69) is 0 Å². The zero-order valence-corrected chi connectivity index (χ0v) is 10.2. The van der Waals surface area contributed by atoms with Crippen LogP contribution in [0.25, 0.3) is 0 Å². The standard InChI is InChI=1S/4ClH.4FH.2Ti/h8*1H;;/q;;;;;;;;2*+4/p-8. The van der Waals surface area contributed by atoms with Crippen LogP contribution in [0.3, 0.4) is 0 Å². The van der Waals surface area contributed by atoms with E-state index in [1.807, 2.05) is 0 Å². The van der Waals surface area contributed by atoms with Gasteiger partial charge < -0.3 is 68.4 Å². The third kappa shape index (κ3) is 168. The molecule has 0 spiro atoms. The van der Waals surface area contributed by atoms with E-state index in [1.54, 1.807) is 0 Å². The summed E-state index contributed by atoms with van der Waals surface area (Å²) in [6, 6.07) is 0. The fourth-order valence-electron chi connectivity index (χ4n) is 0. The molecule has 0 aromatic rings. The minimum Gasteiger partial charge on any atom is -1.00 e. The largest absolute Gasteiger partial charge is 4.00 e. The molecule has 0 aliphatic rings. The summed E-state index contributed by atoms with van der Waals surface area (Å²) < 4.78 is 0. The van der Waals surface area contributed by atoms with Crippen molar-refractivity contribution in [3.63, 3.8) is 0 Å². The van der Waals surface area contributed by atoms with E-state index in [0.29, 0.717) is 0 Å². The Morgan fingerprint density at radius 2 is 0.300 bits per heavy atom. The van der Waals surface area contributed by atoms with E-state index in [-0.39, 0.29) is 112 Å². The maximum Gasteiger partial charge on any atom is 4.00 e. The number of rotatable bonds is 0. The molecule has 0 unspecified atom stereocenters. The molecule has 0 radical (unpaired) electrons. The molecule has 0 aliphatic carbocycles. The normalized spacial score (nSPS) is 0. The molecular formula is Cl4F4Ti2. The Hall–Kier alpha value is 2.31. The van der Waals surface area contributed by atoms with Crippen LogP contribution in [0, 0.1) is 0 Å². The molecule has 0 heterocycles. The first-order valence-electron chi connectivity index (χ1n) is 0. The van der Waals surface area contributed by atoms with Crippen molar-refractivity contribution in [1.82, 2.24) is 0 Å². The summed E-state index contributed by atoms with van der Waals surface area (Å²) in [4.78, 5) is 0. The van der Waals surface area contributed by atoms with Gasteiger partial charge in [0.15, 0.2) is 0 Å². The van der Waals surface area contributed by atoms with Crippen LogP contribution in [0.5, 0.6) is 0 Å². The second-order valence-corrected chi connectivity index (χ2v) is 0. The molecule has 0 rings (SSSR count). The molecule has 0 bridgehead atoms. The van der Waals surface area contributed by atoms with Gasteiger partial charge in [0.25, 0.3) is 0 Å². The summed E-state index contributed by atoms with van der Waals surface area (Å²) in [6.45, 7) is 0. The minimum atomic E-state index is 0. The first kappa shape index (κ1) is 295. The summed E-state index contributed by atoms with van der Waals surface area (Å²) in [5.41, 5.74) is 0. The van der Waals surface area contributed by atoms with Gasteiger partial charge in [0.1, 0.15) is 0 Å². The molecule has 64 valence electrons. The summed E-state index contributed by atoms with van der Waals surface area (Å²) in [5.74, 6) is 0. The smallest absolute Gasteiger partial charge is 1.00 e. The predicted molar refractivity (Wildman–Crippen MR) is 0 cm³/mol. The summed E-state index contributed by atoms with van der Waals surface area (Å²) in [7, 11) is 0. The van der Waals surface area contributed by atoms with Crippen molar-refractivity contribution in [3.8, 4) is 0 Å². The molecule has 0 aromatic carbocycles. The van der Waals surface area contributed by atoms with Gasteiger partial charge >= 0.3 is 43.4 Å². The van der Waals surface area contributed by atoms with Crippen molar-refractivity contribution in [2.45, 2.75) is 0 Å². The van der Waals surface area contributed by atoms with E-state index in [0.717, 1.165) is 0 Å². The van der Waals surface area contributed by atoms with E-state index in [4.69, 9.17) is 0 Å². The maximum absolute atomic E-state index is 0. The number of hydrogen-bond donors (Lipinski definition) is 0. The third-order valence-electron chi connectivity index (χ3n) is 0. The first-order chi connectivity index (χ1) is 0. The monoisotopic (exact) mass is 312 g/mol. The summed E-state index contributed by atoms with van der Waals surface area (Å²) >= 11 is 0. The molecule has 0 aromatic heterocycles. The molecule has 0 saturated carbocycles. The zero-order chi connectivity index (χ0) is 0. The van der Waals surface area contributed by atoms with Crippen LogP contribution >= 0.6 is 0 Å². The molecule has 0 atom stereocenters. The molecule has 0 saturated heterocycles. The van der Waals surface area contributed by atoms with Gasteiger partial charge in [-0.2, -0.15) is 0 Å². The van der Waals surface area contributed by atoms with Crippen molar-refractivity contribution >= 4 is 0 Å². The molecule has 10 heavy (non-hydrogen) atoms. The fourth-order valence-corrected chi connectivity index (χ4v) is 0. The Morgan fingerprint density at radius 3 is 0.300 bits per heavy atom. The van der Waals surface area contributed by atoms with Crippen LogP contribution in [0.15, 0.2) is 0 Å². The summed E-state index contributed by atoms with van der Waals surface area (Å²) in [5, 5.41) is 0. The van der Waals surface area contributed by atoms with Gasteiger partial charge in [-0.25, -0.2) is 0 Å². The van der Waals surface area contributed by atoms with Gasteiger partial charge in [-0.3, -0.25) is 0 Å². The van der Waals surface area contributed by atoms with Crippen LogP contribution in [0.1, 0.15) is 0 Å². The first-order valence-corrected chi connectivity index (χ1v) is 0. The molecular weight excluding hydrogens is 314 g/mol. The third-order valence-corrected chi connectivity index (χ3v) is 0. The number of hydrogen-bond acceptors (Lipinski definition) is 0. The fraction of sp³-hybridized carbons (Fsp3) is 0. The quantitative estimate of drug-likeness (QED) is 0.308. The topological polar surface area (TPSA) is 0 Å². The van der Waals surface area contributed by atoms with Crippen molar-refractivity contribution in [2.75, 3.05) is 0 Å². The Labute approximate surface area is 111 Å². The second kappa shape index (κ2) is 225. The zero-order valence-electron chi connectivity index (χ0n) is 4.02. The minimum absolute atomic E-state index is 0. The number of halogens is 8. The maximum atomic E-state index is 0. The van der Waals surface area contributed by atoms with Crippen molar-refractivity contribution < 1.29 is 112 Å². The van der Waals surface area contributed by atoms with E-state index in [9.17, 15) is 0 Å². The van der Waals surface area contributed by atoms with Gasteiger partial charge in [-0.1, -0.05) is 0 Å². The van der Waals surface area contributed by atoms with Gasteiger partial charge in [0.2, 0.25) is 0 Å². The van der Waals surface area contributed by atoms with Crippen LogP contribution in [0.2, 0.25) is 0 Å². The van der Waals surface area contributed by atoms with Crippen LogP contribution in [-0.2, 0) is 43.4 Å². The van der Waals surface area contributed by atoms with E-state index in [1.165, 1.54) is 0 Å². The molecule has 0 aliphatic heterocycles. The van der Waals surface area contributed by atoms with Crippen LogP contribution in [-0.4, -0.2) is 0 Å². The van der Waals surface area contributed by atoms with Crippen molar-refractivity contribution in [3.05, 3.63) is 0 Å². The van der Waals surface area contributed by atoms with Crippen molar-refractivity contribution in [2.24, 2.45) is 0 Å². The summed E-state index contributed by atoms with van der Waals surface area (Å²) in [6.07, 6.45) is 0. The molecule has 10 heteroatoms. The van der Waals surface area contributed by atoms with Gasteiger partial charge in [0, 0.05) is 0 Å². The Morgan fingerprint density at radius 1 is 0.300 bits per heavy atom. The van der Waals surface area contributed by atoms with Crippen LogP contribution < -0.4 is 68.4 Å². The molecule has 0 N–H and O–H groups in total. The van der Waals surface area contributed by atoms with Gasteiger partial charge in [-0.05, 0) is 0 Å². The average molecular weight is 314 g/mol. The Bertz CT molecular complexity index is 15.2. The average Bonchev–Trinajstić information content (AvgIpc) is 0. The van der Waals surface area contributed by atoms with Gasteiger partial charge in [-0.15, -0.1) is 0 Å². The SMILES string of the molecule is [Cl-].[Cl-].[Cl-].[Cl-].[F-].[F-].[F-].[F-].[Ti+4].[Ti+4]. The molecule has 0 nitrogen and oxygen atoms in total. The predicted octanol–water partition coefficient (Wildman–Crippen LogP) is -24.0. The van der Waals surface area contributed by atoms with Crippen molar-refractivity contribution in [1.29, 1.82) is 0 Å². The second-order valence-electron chi connectivity index (χ2n) is 0. The molecule has 0 amide bonds. The van der Waals surface area contributed by atoms with Crippen LogP contribution in [0.4, 0.5) is 0 Å². The Balaban J connectivity index is 0. The molecule has 0 fully saturated rings. The van der Waals surface area contributed by atoms with Gasteiger partial charge in [0.05, 0.1) is 0 Å².